The van der Waals surface area contributed by atoms with Crippen molar-refractivity contribution in [2.24, 2.45) is 0 Å². The summed E-state index contributed by atoms with van der Waals surface area (Å²) in [4.78, 5) is 4.61. The first-order valence-electron chi connectivity index (χ1n) is 6.32. The summed E-state index contributed by atoms with van der Waals surface area (Å²) in [6, 6.07) is 4.04. The van der Waals surface area contributed by atoms with Gasteiger partial charge in [-0.1, -0.05) is 0 Å². The highest BCUT2D eigenvalue weighted by molar-refractivity contribution is 5.54. The molecule has 0 spiro atoms. The molecule has 1 aromatic rings. The lowest BCUT2D eigenvalue weighted by atomic mass is 10.1. The summed E-state index contributed by atoms with van der Waals surface area (Å²) < 4.78 is 16.2. The van der Waals surface area contributed by atoms with Crippen LogP contribution in [-0.4, -0.2) is 58.3 Å². The molecule has 19 heavy (non-hydrogen) atoms. The molecule has 0 amide bonds. The van der Waals surface area contributed by atoms with Crippen LogP contribution in [-0.2, 0) is 0 Å². The van der Waals surface area contributed by atoms with Gasteiger partial charge < -0.3 is 14.2 Å². The molecule has 1 fully saturated rings. The number of methoxy groups -OCH3 is 3. The van der Waals surface area contributed by atoms with Crippen molar-refractivity contribution in [1.29, 1.82) is 0 Å². The molecule has 0 N–H and O–H groups in total. The molecule has 1 aromatic carbocycles. The van der Waals surface area contributed by atoms with Gasteiger partial charge in [-0.3, -0.25) is 9.80 Å². The zero-order valence-corrected chi connectivity index (χ0v) is 12.3. The maximum Gasteiger partial charge on any atom is 0.203 e. The third-order valence-electron chi connectivity index (χ3n) is 3.63. The molecule has 5 heteroatoms. The minimum absolute atomic E-state index is 0.244. The number of benzene rings is 1. The summed E-state index contributed by atoms with van der Waals surface area (Å²) in [6.45, 7) is 2.11. The van der Waals surface area contributed by atoms with E-state index in [4.69, 9.17) is 14.2 Å². The maximum absolute atomic E-state index is 5.41. The van der Waals surface area contributed by atoms with Gasteiger partial charge in [-0.2, -0.15) is 0 Å². The Morgan fingerprint density at radius 1 is 0.895 bits per heavy atom. The van der Waals surface area contributed by atoms with Crippen LogP contribution in [0.2, 0.25) is 0 Å². The van der Waals surface area contributed by atoms with Crippen LogP contribution in [0.15, 0.2) is 12.1 Å². The lowest BCUT2D eigenvalue weighted by Gasteiger charge is -2.26. The van der Waals surface area contributed by atoms with Crippen molar-refractivity contribution >= 4 is 0 Å². The van der Waals surface area contributed by atoms with Crippen LogP contribution < -0.4 is 14.2 Å². The molecule has 0 bridgehead atoms. The molecule has 1 heterocycles. The van der Waals surface area contributed by atoms with E-state index in [1.807, 2.05) is 12.1 Å². The molecule has 1 aliphatic rings. The molecular formula is C14H22N2O3. The topological polar surface area (TPSA) is 34.2 Å². The van der Waals surface area contributed by atoms with E-state index in [-0.39, 0.29) is 6.17 Å². The van der Waals surface area contributed by atoms with E-state index < -0.39 is 0 Å². The Hall–Kier alpha value is -1.46. The van der Waals surface area contributed by atoms with Crippen molar-refractivity contribution in [1.82, 2.24) is 9.80 Å². The van der Waals surface area contributed by atoms with Gasteiger partial charge >= 0.3 is 0 Å². The van der Waals surface area contributed by atoms with Gasteiger partial charge in [0.25, 0.3) is 0 Å². The fourth-order valence-corrected chi connectivity index (χ4v) is 2.66. The van der Waals surface area contributed by atoms with Crippen molar-refractivity contribution in [3.05, 3.63) is 17.7 Å². The fourth-order valence-electron chi connectivity index (χ4n) is 2.66. The summed E-state index contributed by atoms with van der Waals surface area (Å²) in [6.07, 6.45) is 0.244. The van der Waals surface area contributed by atoms with Gasteiger partial charge in [0, 0.05) is 13.1 Å². The lowest BCUT2D eigenvalue weighted by Crippen LogP contribution is -2.25. The van der Waals surface area contributed by atoms with Crippen molar-refractivity contribution in [2.75, 3.05) is 48.5 Å². The first-order valence-corrected chi connectivity index (χ1v) is 6.32. The molecule has 2 rings (SSSR count). The fraction of sp³-hybridized carbons (Fsp3) is 0.571. The second kappa shape index (κ2) is 5.67. The van der Waals surface area contributed by atoms with Gasteiger partial charge in [0.15, 0.2) is 11.5 Å². The predicted molar refractivity (Wildman–Crippen MR) is 74.1 cm³/mol. The average Bonchev–Trinajstić information content (AvgIpc) is 2.76. The van der Waals surface area contributed by atoms with Crippen molar-refractivity contribution < 1.29 is 14.2 Å². The van der Waals surface area contributed by atoms with Crippen molar-refractivity contribution in [2.45, 2.75) is 6.17 Å². The monoisotopic (exact) mass is 266 g/mol. The molecule has 0 aliphatic carbocycles. The maximum atomic E-state index is 5.41. The standard InChI is InChI=1S/C14H22N2O3/c1-15-6-7-16(2)14(15)10-8-11(17-3)13(19-5)12(9-10)18-4/h8-9,14H,6-7H2,1-5H3. The Balaban J connectivity index is 2.46. The first kappa shape index (κ1) is 14.0. The predicted octanol–water partition coefficient (Wildman–Crippen LogP) is 1.59. The zero-order chi connectivity index (χ0) is 14.0. The van der Waals surface area contributed by atoms with E-state index in [9.17, 15) is 0 Å². The van der Waals surface area contributed by atoms with Crippen molar-refractivity contribution in [3.63, 3.8) is 0 Å². The van der Waals surface area contributed by atoms with Crippen LogP contribution in [0.3, 0.4) is 0 Å². The quantitative estimate of drug-likeness (QED) is 0.826. The minimum Gasteiger partial charge on any atom is -0.493 e. The van der Waals surface area contributed by atoms with Crippen LogP contribution in [0.25, 0.3) is 0 Å². The van der Waals surface area contributed by atoms with Crippen molar-refractivity contribution in [3.8, 4) is 17.2 Å². The third-order valence-corrected chi connectivity index (χ3v) is 3.63. The highest BCUT2D eigenvalue weighted by atomic mass is 16.5. The van der Waals surface area contributed by atoms with Gasteiger partial charge in [-0.15, -0.1) is 0 Å². The smallest absolute Gasteiger partial charge is 0.203 e. The molecule has 0 atom stereocenters. The van der Waals surface area contributed by atoms with E-state index in [1.165, 1.54) is 0 Å². The zero-order valence-electron chi connectivity index (χ0n) is 12.3. The number of hydrogen-bond donors (Lipinski definition) is 0. The highest BCUT2D eigenvalue weighted by Gasteiger charge is 2.29. The van der Waals surface area contributed by atoms with Gasteiger partial charge in [0.2, 0.25) is 5.75 Å². The van der Waals surface area contributed by atoms with E-state index >= 15 is 0 Å². The molecule has 1 saturated heterocycles. The Kier molecular flexibility index (Phi) is 4.17. The minimum atomic E-state index is 0.244. The van der Waals surface area contributed by atoms with Crippen LogP contribution in [0, 0.1) is 0 Å². The summed E-state index contributed by atoms with van der Waals surface area (Å²) in [5.74, 6) is 2.04. The normalized spacial score (nSPS) is 17.7. The van der Waals surface area contributed by atoms with Gasteiger partial charge in [0.05, 0.1) is 27.5 Å². The second-order valence-corrected chi connectivity index (χ2v) is 4.79. The molecule has 5 nitrogen and oxygen atoms in total. The summed E-state index contributed by atoms with van der Waals surface area (Å²) in [5.41, 5.74) is 1.15. The largest absolute Gasteiger partial charge is 0.493 e. The number of nitrogens with zero attached hydrogens (tertiary/aromatic N) is 2. The second-order valence-electron chi connectivity index (χ2n) is 4.79. The Morgan fingerprint density at radius 3 is 1.74 bits per heavy atom. The van der Waals surface area contributed by atoms with Gasteiger partial charge in [-0.25, -0.2) is 0 Å². The summed E-state index contributed by atoms with van der Waals surface area (Å²) >= 11 is 0. The van der Waals surface area contributed by atoms with E-state index in [0.29, 0.717) is 17.2 Å². The van der Waals surface area contributed by atoms with E-state index in [2.05, 4.69) is 23.9 Å². The number of likely N-dealkylation sites (N-methyl/N-ethyl adjacent to an activating group) is 2. The van der Waals surface area contributed by atoms with Crippen LogP contribution in [0.5, 0.6) is 17.2 Å². The third kappa shape index (κ3) is 2.48. The first-order chi connectivity index (χ1) is 9.12. The number of rotatable bonds is 4. The molecule has 0 radical (unpaired) electrons. The molecule has 106 valence electrons. The average molecular weight is 266 g/mol. The van der Waals surface area contributed by atoms with Crippen LogP contribution >= 0.6 is 0 Å². The summed E-state index contributed by atoms with van der Waals surface area (Å²) in [7, 11) is 9.15. The Labute approximate surface area is 114 Å². The number of hydrogen-bond acceptors (Lipinski definition) is 5. The molecular weight excluding hydrogens is 244 g/mol. The highest BCUT2D eigenvalue weighted by Crippen LogP contribution is 2.41. The SMILES string of the molecule is COc1cc(C2N(C)CCN2C)cc(OC)c1OC. The van der Waals surface area contributed by atoms with Gasteiger partial charge in [-0.05, 0) is 31.8 Å². The molecule has 1 aliphatic heterocycles. The molecule has 0 aromatic heterocycles. The molecule has 0 unspecified atom stereocenters. The Morgan fingerprint density at radius 2 is 1.37 bits per heavy atom. The lowest BCUT2D eigenvalue weighted by molar-refractivity contribution is 0.189. The summed E-state index contributed by atoms with van der Waals surface area (Å²) in [5, 5.41) is 0. The molecule has 0 saturated carbocycles. The van der Waals surface area contributed by atoms with E-state index in [1.54, 1.807) is 21.3 Å². The number of ether oxygens (including phenoxy) is 3. The van der Waals surface area contributed by atoms with Crippen LogP contribution in [0.1, 0.15) is 11.7 Å². The van der Waals surface area contributed by atoms with Gasteiger partial charge in [0.1, 0.15) is 0 Å². The Bertz CT molecular complexity index is 415. The van der Waals surface area contributed by atoms with Crippen LogP contribution in [0.4, 0.5) is 0 Å². The van der Waals surface area contributed by atoms with E-state index in [0.717, 1.165) is 18.7 Å².